The number of H-pyrrole nitrogens is 1. The monoisotopic (exact) mass is 320 g/mol. The zero-order valence-electron chi connectivity index (χ0n) is 11.7. The highest BCUT2D eigenvalue weighted by Gasteiger charge is 2.20. The topological polar surface area (TPSA) is 27.8 Å². The molecule has 0 amide bonds. The minimum Gasteiger partial charge on any atom is -0.356 e. The molecule has 0 saturated carbocycles. The third-order valence-electron chi connectivity index (χ3n) is 4.09. The van der Waals surface area contributed by atoms with E-state index in [1.165, 1.54) is 18.2 Å². The number of fused-ring (bicyclic) bond motifs is 3. The summed E-state index contributed by atoms with van der Waals surface area (Å²) in [4.78, 5) is 3.20. The Kier molecular flexibility index (Phi) is 3.89. The molecule has 2 heterocycles. The van der Waals surface area contributed by atoms with E-state index in [1.807, 2.05) is 6.07 Å². The minimum absolute atomic E-state index is 0. The van der Waals surface area contributed by atoms with Gasteiger partial charge in [-0.1, -0.05) is 18.2 Å². The van der Waals surface area contributed by atoms with E-state index in [0.29, 0.717) is 12.1 Å². The molecule has 0 aliphatic carbocycles. The maximum absolute atomic E-state index is 14.1. The number of aromatic nitrogens is 1. The Morgan fingerprint density at radius 1 is 1.05 bits per heavy atom. The summed E-state index contributed by atoms with van der Waals surface area (Å²) >= 11 is 0. The summed E-state index contributed by atoms with van der Waals surface area (Å²) in [6.45, 7) is 1.60. The van der Waals surface area contributed by atoms with Gasteiger partial charge in [-0.25, -0.2) is 8.78 Å². The van der Waals surface area contributed by atoms with Crippen LogP contribution in [0.15, 0.2) is 36.4 Å². The van der Waals surface area contributed by atoms with Crippen molar-refractivity contribution >= 4 is 23.3 Å². The molecule has 0 spiro atoms. The van der Waals surface area contributed by atoms with Gasteiger partial charge in [0.05, 0.1) is 5.52 Å². The van der Waals surface area contributed by atoms with Gasteiger partial charge in [-0.15, -0.1) is 12.4 Å². The highest BCUT2D eigenvalue weighted by atomic mass is 35.5. The van der Waals surface area contributed by atoms with E-state index in [2.05, 4.69) is 10.3 Å². The van der Waals surface area contributed by atoms with E-state index in [1.54, 1.807) is 12.1 Å². The molecule has 2 aromatic carbocycles. The van der Waals surface area contributed by atoms with Crippen molar-refractivity contribution in [1.82, 2.24) is 10.3 Å². The van der Waals surface area contributed by atoms with E-state index in [4.69, 9.17) is 0 Å². The molecule has 22 heavy (non-hydrogen) atoms. The summed E-state index contributed by atoms with van der Waals surface area (Å²) in [6, 6.07) is 9.61. The van der Waals surface area contributed by atoms with Gasteiger partial charge in [-0.3, -0.25) is 0 Å². The van der Waals surface area contributed by atoms with Crippen molar-refractivity contribution in [3.63, 3.8) is 0 Å². The molecule has 1 aliphatic heterocycles. The Morgan fingerprint density at radius 3 is 2.73 bits per heavy atom. The van der Waals surface area contributed by atoms with Gasteiger partial charge in [-0.05, 0) is 34.9 Å². The first-order chi connectivity index (χ1) is 10.2. The molecular weight excluding hydrogens is 306 g/mol. The maximum atomic E-state index is 14.1. The Labute approximate surface area is 133 Å². The van der Waals surface area contributed by atoms with E-state index in [-0.39, 0.29) is 24.0 Å². The first kappa shape index (κ1) is 15.0. The first-order valence-corrected chi connectivity index (χ1v) is 7.02. The first-order valence-electron chi connectivity index (χ1n) is 7.02. The predicted molar refractivity (Wildman–Crippen MR) is 86.3 cm³/mol. The number of benzene rings is 2. The van der Waals surface area contributed by atoms with E-state index >= 15 is 0 Å². The Morgan fingerprint density at radius 2 is 1.91 bits per heavy atom. The second kappa shape index (κ2) is 5.71. The van der Waals surface area contributed by atoms with Crippen molar-refractivity contribution in [1.29, 1.82) is 0 Å². The van der Waals surface area contributed by atoms with Gasteiger partial charge in [0.2, 0.25) is 0 Å². The Bertz CT molecular complexity index is 842. The maximum Gasteiger partial charge on any atom is 0.147 e. The molecule has 114 valence electrons. The van der Waals surface area contributed by atoms with Crippen LogP contribution >= 0.6 is 12.4 Å². The SMILES string of the molecule is Cl.Fc1cccc(-c2ccc(F)c3[nH]c4c(c23)CNCC4)c1. The molecule has 0 radical (unpaired) electrons. The van der Waals surface area contributed by atoms with Gasteiger partial charge in [0.25, 0.3) is 0 Å². The van der Waals surface area contributed by atoms with Crippen molar-refractivity contribution in [2.75, 3.05) is 6.54 Å². The molecule has 1 aromatic heterocycles. The number of hydrogen-bond donors (Lipinski definition) is 2. The minimum atomic E-state index is -0.285. The van der Waals surface area contributed by atoms with Crippen LogP contribution in [0.4, 0.5) is 8.78 Å². The zero-order valence-corrected chi connectivity index (χ0v) is 12.6. The lowest BCUT2D eigenvalue weighted by Gasteiger charge is -2.14. The third kappa shape index (κ3) is 2.28. The Hall–Kier alpha value is -1.91. The summed E-state index contributed by atoms with van der Waals surface area (Å²) in [6.07, 6.45) is 0.853. The van der Waals surface area contributed by atoms with E-state index < -0.39 is 0 Å². The van der Waals surface area contributed by atoms with Crippen LogP contribution in [0.2, 0.25) is 0 Å². The number of halogens is 3. The fourth-order valence-electron chi connectivity index (χ4n) is 3.12. The van der Waals surface area contributed by atoms with Gasteiger partial charge in [0.15, 0.2) is 0 Å². The lowest BCUT2D eigenvalue weighted by Crippen LogP contribution is -2.22. The molecule has 2 N–H and O–H groups in total. The van der Waals surface area contributed by atoms with E-state index in [0.717, 1.165) is 40.7 Å². The van der Waals surface area contributed by atoms with Crippen LogP contribution < -0.4 is 5.32 Å². The normalized spacial score (nSPS) is 13.7. The predicted octanol–water partition coefficient (Wildman–Crippen LogP) is 4.18. The molecule has 3 aromatic rings. The number of nitrogens with one attached hydrogen (secondary N) is 2. The Balaban J connectivity index is 0.00000144. The second-order valence-corrected chi connectivity index (χ2v) is 5.36. The lowest BCUT2D eigenvalue weighted by atomic mass is 9.96. The van der Waals surface area contributed by atoms with Crippen molar-refractivity contribution in [2.24, 2.45) is 0 Å². The fourth-order valence-corrected chi connectivity index (χ4v) is 3.12. The van der Waals surface area contributed by atoms with Gasteiger partial charge >= 0.3 is 0 Å². The highest BCUT2D eigenvalue weighted by molar-refractivity contribution is 5.99. The molecule has 2 nitrogen and oxygen atoms in total. The molecule has 0 saturated heterocycles. The van der Waals surface area contributed by atoms with Crippen molar-refractivity contribution in [3.05, 3.63) is 59.3 Å². The molecule has 0 atom stereocenters. The smallest absolute Gasteiger partial charge is 0.147 e. The summed E-state index contributed by atoms with van der Waals surface area (Å²) in [5.74, 6) is -0.549. The molecule has 4 rings (SSSR count). The van der Waals surface area contributed by atoms with Crippen LogP contribution in [0.25, 0.3) is 22.0 Å². The van der Waals surface area contributed by atoms with Gasteiger partial charge < -0.3 is 10.3 Å². The van der Waals surface area contributed by atoms with Crippen LogP contribution in [0.3, 0.4) is 0 Å². The third-order valence-corrected chi connectivity index (χ3v) is 4.09. The summed E-state index contributed by atoms with van der Waals surface area (Å²) in [5, 5.41) is 4.18. The average Bonchev–Trinajstić information content (AvgIpc) is 2.88. The van der Waals surface area contributed by atoms with Gasteiger partial charge in [-0.2, -0.15) is 0 Å². The van der Waals surface area contributed by atoms with Crippen LogP contribution in [0.5, 0.6) is 0 Å². The molecular formula is C17H15ClF2N2. The number of rotatable bonds is 1. The fraction of sp³-hybridized carbons (Fsp3) is 0.176. The van der Waals surface area contributed by atoms with Crippen molar-refractivity contribution in [3.8, 4) is 11.1 Å². The van der Waals surface area contributed by atoms with Crippen LogP contribution in [0, 0.1) is 11.6 Å². The van der Waals surface area contributed by atoms with Crippen LogP contribution in [-0.2, 0) is 13.0 Å². The largest absolute Gasteiger partial charge is 0.356 e. The molecule has 1 aliphatic rings. The van der Waals surface area contributed by atoms with Gasteiger partial charge in [0.1, 0.15) is 11.6 Å². The highest BCUT2D eigenvalue weighted by Crippen LogP contribution is 2.35. The molecule has 0 bridgehead atoms. The molecule has 5 heteroatoms. The summed E-state index contributed by atoms with van der Waals surface area (Å²) < 4.78 is 27.6. The lowest BCUT2D eigenvalue weighted by molar-refractivity contribution is 0.628. The number of aromatic amines is 1. The standard InChI is InChI=1S/C17H14F2N2.ClH/c18-11-3-1-2-10(8-11)12-4-5-14(19)17-16(12)13-9-20-7-6-15(13)21-17;/h1-5,8,20-21H,6-7,9H2;1H. The molecule has 0 unspecified atom stereocenters. The van der Waals surface area contributed by atoms with Crippen molar-refractivity contribution < 1.29 is 8.78 Å². The second-order valence-electron chi connectivity index (χ2n) is 5.36. The van der Waals surface area contributed by atoms with Crippen molar-refractivity contribution in [2.45, 2.75) is 13.0 Å². The van der Waals surface area contributed by atoms with Crippen LogP contribution in [0.1, 0.15) is 11.3 Å². The van der Waals surface area contributed by atoms with Gasteiger partial charge in [0, 0.05) is 30.6 Å². The zero-order chi connectivity index (χ0) is 14.4. The molecule has 0 fully saturated rings. The van der Waals surface area contributed by atoms with Crippen LogP contribution in [-0.4, -0.2) is 11.5 Å². The average molecular weight is 321 g/mol. The van der Waals surface area contributed by atoms with E-state index in [9.17, 15) is 8.78 Å². The quantitative estimate of drug-likeness (QED) is 0.691. The summed E-state index contributed by atoms with van der Waals surface area (Å²) in [7, 11) is 0. The number of hydrogen-bond acceptors (Lipinski definition) is 1. The summed E-state index contributed by atoms with van der Waals surface area (Å²) in [5.41, 5.74) is 4.33.